The van der Waals surface area contributed by atoms with E-state index in [1.807, 2.05) is 41.3 Å². The molecule has 2 aromatic carbocycles. The van der Waals surface area contributed by atoms with Gasteiger partial charge in [-0.15, -0.1) is 0 Å². The van der Waals surface area contributed by atoms with Crippen LogP contribution in [0.4, 0.5) is 4.79 Å². The molecule has 0 unspecified atom stereocenters. The minimum Gasteiger partial charge on any atom is -0.444 e. The first-order valence-electron chi connectivity index (χ1n) is 9.73. The van der Waals surface area contributed by atoms with Crippen molar-refractivity contribution in [3.05, 3.63) is 71.8 Å². The van der Waals surface area contributed by atoms with E-state index < -0.39 is 11.7 Å². The van der Waals surface area contributed by atoms with Gasteiger partial charge in [-0.05, 0) is 44.7 Å². The molecule has 2 atom stereocenters. The molecule has 3 rings (SSSR count). The molecule has 1 N–H and O–H groups in total. The van der Waals surface area contributed by atoms with E-state index in [2.05, 4.69) is 29.6 Å². The molecule has 1 aliphatic rings. The zero-order valence-electron chi connectivity index (χ0n) is 16.7. The van der Waals surface area contributed by atoms with E-state index in [0.717, 1.165) is 24.0 Å². The number of hydrogen-bond acceptors (Lipinski definition) is 3. The van der Waals surface area contributed by atoms with Gasteiger partial charge in [0.1, 0.15) is 12.1 Å². The lowest BCUT2D eigenvalue weighted by Crippen LogP contribution is -2.42. The molecule has 0 spiro atoms. The van der Waals surface area contributed by atoms with Crippen LogP contribution in [-0.2, 0) is 9.53 Å². The van der Waals surface area contributed by atoms with Crippen LogP contribution in [-0.4, -0.2) is 29.0 Å². The number of carbonyl (C=O) groups is 2. The standard InChI is InChI=1S/C23H28N2O3/c1-23(2,3)28-22(27)24-16-21(26)25-19(17-10-6-4-7-11-17)14-15-20(25)18-12-8-5-9-13-18/h4-13,19-20H,14-16H2,1-3H3,(H,24,27)/t19-,20+. The second kappa shape index (κ2) is 8.46. The highest BCUT2D eigenvalue weighted by Crippen LogP contribution is 2.43. The summed E-state index contributed by atoms with van der Waals surface area (Å²) in [6.07, 6.45) is 1.20. The average Bonchev–Trinajstić information content (AvgIpc) is 3.11. The molecule has 28 heavy (non-hydrogen) atoms. The molecule has 5 nitrogen and oxygen atoms in total. The van der Waals surface area contributed by atoms with Gasteiger partial charge in [-0.1, -0.05) is 60.7 Å². The molecular weight excluding hydrogens is 352 g/mol. The third-order valence-corrected chi connectivity index (χ3v) is 4.82. The van der Waals surface area contributed by atoms with Gasteiger partial charge in [0.2, 0.25) is 5.91 Å². The lowest BCUT2D eigenvalue weighted by atomic mass is 10.0. The first kappa shape index (κ1) is 19.9. The summed E-state index contributed by atoms with van der Waals surface area (Å²) in [5, 5.41) is 2.61. The summed E-state index contributed by atoms with van der Waals surface area (Å²) < 4.78 is 5.25. The Balaban J connectivity index is 1.78. The number of carbonyl (C=O) groups excluding carboxylic acids is 2. The molecule has 0 aliphatic carbocycles. The van der Waals surface area contributed by atoms with Crippen molar-refractivity contribution in [3.63, 3.8) is 0 Å². The Morgan fingerprint density at radius 3 is 1.82 bits per heavy atom. The molecular formula is C23H28N2O3. The molecule has 1 saturated heterocycles. The van der Waals surface area contributed by atoms with Gasteiger partial charge in [0.15, 0.2) is 0 Å². The summed E-state index contributed by atoms with van der Waals surface area (Å²) in [4.78, 5) is 27.0. The topological polar surface area (TPSA) is 58.6 Å². The number of benzene rings is 2. The maximum Gasteiger partial charge on any atom is 0.408 e. The first-order chi connectivity index (χ1) is 13.3. The lowest BCUT2D eigenvalue weighted by Gasteiger charge is -2.31. The van der Waals surface area contributed by atoms with Crippen LogP contribution < -0.4 is 5.32 Å². The summed E-state index contributed by atoms with van der Waals surface area (Å²) >= 11 is 0. The molecule has 5 heteroatoms. The van der Waals surface area contributed by atoms with Crippen LogP contribution in [0.2, 0.25) is 0 Å². The van der Waals surface area contributed by atoms with Gasteiger partial charge >= 0.3 is 6.09 Å². The molecule has 0 saturated carbocycles. The average molecular weight is 380 g/mol. The second-order valence-electron chi connectivity index (χ2n) is 8.09. The summed E-state index contributed by atoms with van der Waals surface area (Å²) in [5.41, 5.74) is 1.64. The van der Waals surface area contributed by atoms with E-state index >= 15 is 0 Å². The van der Waals surface area contributed by atoms with Crippen molar-refractivity contribution in [2.75, 3.05) is 6.54 Å². The number of nitrogens with zero attached hydrogens (tertiary/aromatic N) is 1. The van der Waals surface area contributed by atoms with Gasteiger partial charge in [0.25, 0.3) is 0 Å². The number of alkyl carbamates (subject to hydrolysis) is 1. The highest BCUT2D eigenvalue weighted by molar-refractivity contribution is 5.83. The van der Waals surface area contributed by atoms with Gasteiger partial charge in [0, 0.05) is 0 Å². The predicted octanol–water partition coefficient (Wildman–Crippen LogP) is 4.62. The van der Waals surface area contributed by atoms with Gasteiger partial charge in [-0.3, -0.25) is 4.79 Å². The van der Waals surface area contributed by atoms with E-state index in [-0.39, 0.29) is 24.5 Å². The first-order valence-corrected chi connectivity index (χ1v) is 9.73. The summed E-state index contributed by atoms with van der Waals surface area (Å²) in [6.45, 7) is 5.31. The third-order valence-electron chi connectivity index (χ3n) is 4.82. The Labute approximate surface area is 166 Å². The highest BCUT2D eigenvalue weighted by Gasteiger charge is 2.38. The minimum atomic E-state index is -0.597. The van der Waals surface area contributed by atoms with Crippen LogP contribution in [0.15, 0.2) is 60.7 Å². The summed E-state index contributed by atoms with van der Waals surface area (Å²) in [6, 6.07) is 20.1. The second-order valence-corrected chi connectivity index (χ2v) is 8.09. The Hall–Kier alpha value is -2.82. The molecule has 2 aromatic rings. The van der Waals surface area contributed by atoms with Crippen LogP contribution >= 0.6 is 0 Å². The molecule has 1 aliphatic heterocycles. The molecule has 0 radical (unpaired) electrons. The molecule has 2 amide bonds. The van der Waals surface area contributed by atoms with Crippen molar-refractivity contribution < 1.29 is 14.3 Å². The quantitative estimate of drug-likeness (QED) is 0.842. The summed E-state index contributed by atoms with van der Waals surface area (Å²) in [5.74, 6) is -0.105. The van der Waals surface area contributed by atoms with Crippen molar-refractivity contribution in [2.45, 2.75) is 51.3 Å². The van der Waals surface area contributed by atoms with Crippen molar-refractivity contribution in [3.8, 4) is 0 Å². The maximum absolute atomic E-state index is 13.1. The Morgan fingerprint density at radius 1 is 0.929 bits per heavy atom. The van der Waals surface area contributed by atoms with Crippen molar-refractivity contribution in [2.24, 2.45) is 0 Å². The van der Waals surface area contributed by atoms with E-state index in [4.69, 9.17) is 4.74 Å². The zero-order valence-corrected chi connectivity index (χ0v) is 16.7. The van der Waals surface area contributed by atoms with Crippen LogP contribution in [0.25, 0.3) is 0 Å². The Bertz CT molecular complexity index is 752. The zero-order chi connectivity index (χ0) is 20.1. The molecule has 0 bridgehead atoms. The number of nitrogens with one attached hydrogen (secondary N) is 1. The summed E-state index contributed by atoms with van der Waals surface area (Å²) in [7, 11) is 0. The molecule has 148 valence electrons. The van der Waals surface area contributed by atoms with Crippen LogP contribution in [0.3, 0.4) is 0 Å². The number of amides is 2. The van der Waals surface area contributed by atoms with E-state index in [0.29, 0.717) is 0 Å². The number of rotatable bonds is 4. The van der Waals surface area contributed by atoms with Crippen molar-refractivity contribution >= 4 is 12.0 Å². The maximum atomic E-state index is 13.1. The predicted molar refractivity (Wildman–Crippen MR) is 109 cm³/mol. The van der Waals surface area contributed by atoms with Crippen LogP contribution in [0, 0.1) is 0 Å². The smallest absolute Gasteiger partial charge is 0.408 e. The number of likely N-dealkylation sites (tertiary alicyclic amines) is 1. The third kappa shape index (κ3) is 4.91. The highest BCUT2D eigenvalue weighted by atomic mass is 16.6. The van der Waals surface area contributed by atoms with E-state index in [1.54, 1.807) is 20.8 Å². The van der Waals surface area contributed by atoms with Crippen LogP contribution in [0.5, 0.6) is 0 Å². The minimum absolute atomic E-state index is 0.000609. The Kier molecular flexibility index (Phi) is 6.02. The SMILES string of the molecule is CC(C)(C)OC(=O)NCC(=O)N1[C@@H](c2ccccc2)CC[C@H]1c1ccccc1. The van der Waals surface area contributed by atoms with Gasteiger partial charge in [0.05, 0.1) is 12.1 Å². The monoisotopic (exact) mass is 380 g/mol. The fourth-order valence-electron chi connectivity index (χ4n) is 3.72. The Morgan fingerprint density at radius 2 is 1.39 bits per heavy atom. The number of hydrogen-bond donors (Lipinski definition) is 1. The number of ether oxygens (including phenoxy) is 1. The van der Waals surface area contributed by atoms with Gasteiger partial charge < -0.3 is 15.0 Å². The van der Waals surface area contributed by atoms with E-state index in [9.17, 15) is 9.59 Å². The van der Waals surface area contributed by atoms with Gasteiger partial charge in [-0.25, -0.2) is 4.79 Å². The fourth-order valence-corrected chi connectivity index (χ4v) is 3.72. The van der Waals surface area contributed by atoms with Crippen molar-refractivity contribution in [1.29, 1.82) is 0 Å². The van der Waals surface area contributed by atoms with Crippen molar-refractivity contribution in [1.82, 2.24) is 10.2 Å². The van der Waals surface area contributed by atoms with Gasteiger partial charge in [-0.2, -0.15) is 0 Å². The molecule has 0 aromatic heterocycles. The normalized spacial score (nSPS) is 19.3. The van der Waals surface area contributed by atoms with Crippen LogP contribution in [0.1, 0.15) is 56.8 Å². The fraction of sp³-hybridized carbons (Fsp3) is 0.391. The molecule has 1 heterocycles. The van der Waals surface area contributed by atoms with E-state index in [1.165, 1.54) is 0 Å². The molecule has 1 fully saturated rings. The lowest BCUT2D eigenvalue weighted by molar-refractivity contribution is -0.133. The largest absolute Gasteiger partial charge is 0.444 e.